The zero-order chi connectivity index (χ0) is 12.3. The van der Waals surface area contributed by atoms with Gasteiger partial charge in [-0.3, -0.25) is 5.14 Å². The van der Waals surface area contributed by atoms with Crippen molar-refractivity contribution in [3.8, 4) is 0 Å². The molecule has 0 bridgehead atoms. The summed E-state index contributed by atoms with van der Waals surface area (Å²) in [5.41, 5.74) is 1.09. The standard InChI is InChI=1S/C11H17ClN2OS/c1-8(6-11(2,3)16(13)15)9-4-5-10(12)14-7-9/h4-5,7-8H,6,13H2,1-3H3/t8-,16?/m0/s1. The van der Waals surface area contributed by atoms with Crippen molar-refractivity contribution in [2.75, 3.05) is 0 Å². The van der Waals surface area contributed by atoms with Crippen molar-refractivity contribution >= 4 is 22.6 Å². The van der Waals surface area contributed by atoms with Gasteiger partial charge in [-0.2, -0.15) is 0 Å². The molecule has 1 aromatic heterocycles. The first-order valence-electron chi connectivity index (χ1n) is 5.10. The molecule has 2 N–H and O–H groups in total. The fourth-order valence-corrected chi connectivity index (χ4v) is 2.14. The van der Waals surface area contributed by atoms with E-state index in [1.54, 1.807) is 12.3 Å². The highest BCUT2D eigenvalue weighted by atomic mass is 35.5. The lowest BCUT2D eigenvalue weighted by Crippen LogP contribution is -2.33. The number of pyridine rings is 1. The van der Waals surface area contributed by atoms with Gasteiger partial charge in [0.2, 0.25) is 0 Å². The van der Waals surface area contributed by atoms with E-state index in [2.05, 4.69) is 11.9 Å². The monoisotopic (exact) mass is 260 g/mol. The zero-order valence-electron chi connectivity index (χ0n) is 9.74. The van der Waals surface area contributed by atoms with Crippen molar-refractivity contribution in [3.63, 3.8) is 0 Å². The number of nitrogens with zero attached hydrogens (tertiary/aromatic N) is 1. The fraction of sp³-hybridized carbons (Fsp3) is 0.545. The highest BCUT2D eigenvalue weighted by molar-refractivity contribution is 7.84. The van der Waals surface area contributed by atoms with Gasteiger partial charge in [-0.25, -0.2) is 9.19 Å². The molecule has 0 fully saturated rings. The highest BCUT2D eigenvalue weighted by Gasteiger charge is 2.26. The van der Waals surface area contributed by atoms with Gasteiger partial charge in [-0.05, 0) is 37.8 Å². The molecule has 0 radical (unpaired) electrons. The van der Waals surface area contributed by atoms with Crippen LogP contribution in [-0.2, 0) is 11.0 Å². The number of halogens is 1. The molecule has 90 valence electrons. The quantitative estimate of drug-likeness (QED) is 0.846. The molecule has 0 aliphatic rings. The molecule has 3 nitrogen and oxygen atoms in total. The first-order chi connectivity index (χ1) is 7.33. The summed E-state index contributed by atoms with van der Waals surface area (Å²) in [5.74, 6) is 0.257. The fourth-order valence-electron chi connectivity index (χ4n) is 1.62. The first-order valence-corrected chi connectivity index (χ1v) is 6.70. The van der Waals surface area contributed by atoms with E-state index in [4.69, 9.17) is 16.7 Å². The number of hydrogen-bond donors (Lipinski definition) is 1. The van der Waals surface area contributed by atoms with Crippen molar-refractivity contribution < 1.29 is 4.21 Å². The van der Waals surface area contributed by atoms with E-state index in [0.717, 1.165) is 12.0 Å². The Balaban J connectivity index is 2.76. The molecule has 1 unspecified atom stereocenters. The molecular weight excluding hydrogens is 244 g/mol. The largest absolute Gasteiger partial charge is 0.251 e. The van der Waals surface area contributed by atoms with Crippen molar-refractivity contribution in [3.05, 3.63) is 29.0 Å². The molecule has 5 heteroatoms. The predicted octanol–water partition coefficient (Wildman–Crippen LogP) is 2.63. The van der Waals surface area contributed by atoms with Crippen LogP contribution >= 0.6 is 11.6 Å². The highest BCUT2D eigenvalue weighted by Crippen LogP contribution is 2.28. The Morgan fingerprint density at radius 1 is 1.56 bits per heavy atom. The third-order valence-electron chi connectivity index (χ3n) is 2.66. The Hall–Kier alpha value is -0.450. The number of rotatable bonds is 4. The summed E-state index contributed by atoms with van der Waals surface area (Å²) in [6, 6.07) is 3.70. The molecule has 0 amide bonds. The summed E-state index contributed by atoms with van der Waals surface area (Å²) < 4.78 is 10.9. The van der Waals surface area contributed by atoms with Gasteiger partial charge >= 0.3 is 0 Å². The van der Waals surface area contributed by atoms with Crippen LogP contribution in [0.5, 0.6) is 0 Å². The third kappa shape index (κ3) is 3.54. The minimum absolute atomic E-state index is 0.257. The molecule has 1 rings (SSSR count). The Bertz CT molecular complexity index is 378. The molecule has 16 heavy (non-hydrogen) atoms. The Labute approximate surface area is 104 Å². The summed E-state index contributed by atoms with van der Waals surface area (Å²) in [6.07, 6.45) is 2.50. The van der Waals surface area contributed by atoms with Crippen LogP contribution in [0.4, 0.5) is 0 Å². The van der Waals surface area contributed by atoms with Gasteiger partial charge in [-0.1, -0.05) is 24.6 Å². The summed E-state index contributed by atoms with van der Waals surface area (Å²) in [6.45, 7) is 5.88. The van der Waals surface area contributed by atoms with E-state index in [-0.39, 0.29) is 10.7 Å². The third-order valence-corrected chi connectivity index (χ3v) is 4.14. The lowest BCUT2D eigenvalue weighted by Gasteiger charge is -2.25. The van der Waals surface area contributed by atoms with Crippen LogP contribution in [-0.4, -0.2) is 13.9 Å². The van der Waals surface area contributed by atoms with Crippen LogP contribution in [0.2, 0.25) is 5.15 Å². The van der Waals surface area contributed by atoms with Crippen molar-refractivity contribution in [1.82, 2.24) is 4.98 Å². The van der Waals surface area contributed by atoms with Gasteiger partial charge in [0, 0.05) is 6.20 Å². The average molecular weight is 261 g/mol. The summed E-state index contributed by atoms with van der Waals surface area (Å²) in [5, 5.41) is 5.94. The molecule has 1 aromatic rings. The molecule has 1 heterocycles. The van der Waals surface area contributed by atoms with Gasteiger partial charge in [0.25, 0.3) is 0 Å². The maximum Gasteiger partial charge on any atom is 0.129 e. The van der Waals surface area contributed by atoms with Crippen LogP contribution < -0.4 is 5.14 Å². The van der Waals surface area contributed by atoms with Gasteiger partial charge in [0.15, 0.2) is 0 Å². The van der Waals surface area contributed by atoms with E-state index < -0.39 is 11.0 Å². The van der Waals surface area contributed by atoms with Crippen LogP contribution in [0, 0.1) is 0 Å². The second-order valence-electron chi connectivity index (χ2n) is 4.58. The van der Waals surface area contributed by atoms with Gasteiger partial charge in [0.05, 0.1) is 15.7 Å². The van der Waals surface area contributed by atoms with Gasteiger partial charge in [0.1, 0.15) is 5.15 Å². The Morgan fingerprint density at radius 3 is 2.62 bits per heavy atom. The minimum Gasteiger partial charge on any atom is -0.251 e. The number of aromatic nitrogens is 1. The normalized spacial score (nSPS) is 15.8. The first kappa shape index (κ1) is 13.6. The lowest BCUT2D eigenvalue weighted by molar-refractivity contribution is 0.540. The molecule has 0 saturated heterocycles. The van der Waals surface area contributed by atoms with E-state index in [1.807, 2.05) is 19.9 Å². The smallest absolute Gasteiger partial charge is 0.129 e. The summed E-state index contributed by atoms with van der Waals surface area (Å²) in [4.78, 5) is 4.03. The molecule has 0 saturated carbocycles. The molecule has 0 spiro atoms. The van der Waals surface area contributed by atoms with Crippen molar-refractivity contribution in [1.29, 1.82) is 0 Å². The number of hydrogen-bond acceptors (Lipinski definition) is 2. The van der Waals surface area contributed by atoms with Crippen molar-refractivity contribution in [2.24, 2.45) is 5.14 Å². The van der Waals surface area contributed by atoms with Crippen LogP contribution in [0.15, 0.2) is 18.3 Å². The van der Waals surface area contributed by atoms with Gasteiger partial charge in [-0.15, -0.1) is 0 Å². The molecular formula is C11H17ClN2OS. The minimum atomic E-state index is -1.32. The topological polar surface area (TPSA) is 56.0 Å². The van der Waals surface area contributed by atoms with E-state index in [9.17, 15) is 4.21 Å². The number of nitrogens with two attached hydrogens (primary N) is 1. The second-order valence-corrected chi connectivity index (χ2v) is 6.66. The van der Waals surface area contributed by atoms with Crippen LogP contribution in [0.1, 0.15) is 38.7 Å². The van der Waals surface area contributed by atoms with E-state index >= 15 is 0 Å². The molecule has 0 aliphatic heterocycles. The maximum absolute atomic E-state index is 11.3. The second kappa shape index (κ2) is 5.25. The molecule has 0 aliphatic carbocycles. The Morgan fingerprint density at radius 2 is 2.19 bits per heavy atom. The van der Waals surface area contributed by atoms with E-state index in [1.165, 1.54) is 0 Å². The average Bonchev–Trinajstić information content (AvgIpc) is 2.17. The maximum atomic E-state index is 11.3. The summed E-state index contributed by atoms with van der Waals surface area (Å²) >= 11 is 5.72. The molecule has 0 aromatic carbocycles. The lowest BCUT2D eigenvalue weighted by atomic mass is 9.92. The zero-order valence-corrected chi connectivity index (χ0v) is 11.3. The van der Waals surface area contributed by atoms with Crippen LogP contribution in [0.25, 0.3) is 0 Å². The summed E-state index contributed by atoms with van der Waals surface area (Å²) in [7, 11) is -1.32. The SMILES string of the molecule is C[C@@H](CC(C)(C)S(N)=O)c1ccc(Cl)nc1. The van der Waals surface area contributed by atoms with Crippen molar-refractivity contribution in [2.45, 2.75) is 37.9 Å². The van der Waals surface area contributed by atoms with Gasteiger partial charge < -0.3 is 0 Å². The van der Waals surface area contributed by atoms with Crippen LogP contribution in [0.3, 0.4) is 0 Å². The Kier molecular flexibility index (Phi) is 4.47. The predicted molar refractivity (Wildman–Crippen MR) is 68.7 cm³/mol. The van der Waals surface area contributed by atoms with E-state index in [0.29, 0.717) is 5.15 Å². The molecule has 2 atom stereocenters.